The number of aliphatic hydroxyl groups excluding tert-OH is 1. The third kappa shape index (κ3) is 4.26. The lowest BCUT2D eigenvalue weighted by molar-refractivity contribution is -0.139. The van der Waals surface area contributed by atoms with Crippen molar-refractivity contribution in [2.45, 2.75) is 25.1 Å². The highest BCUT2D eigenvalue weighted by Gasteiger charge is 2.35. The number of hydrogen-bond donors (Lipinski definition) is 1. The van der Waals surface area contributed by atoms with Gasteiger partial charge in [0.1, 0.15) is 0 Å². The first-order chi connectivity index (χ1) is 8.36. The maximum absolute atomic E-state index is 12.8. The molecule has 1 unspecified atom stereocenters. The number of methoxy groups -OCH3 is 1. The van der Waals surface area contributed by atoms with Gasteiger partial charge in [-0.1, -0.05) is 22.0 Å². The summed E-state index contributed by atoms with van der Waals surface area (Å²) in [6.07, 6.45) is -4.87. The molecular formula is C12H14BrF3O2. The smallest absolute Gasteiger partial charge is 0.388 e. The monoisotopic (exact) mass is 326 g/mol. The first-order valence-corrected chi connectivity index (χ1v) is 6.19. The van der Waals surface area contributed by atoms with Crippen molar-refractivity contribution in [3.05, 3.63) is 33.8 Å². The van der Waals surface area contributed by atoms with Gasteiger partial charge in [0, 0.05) is 18.2 Å². The van der Waals surface area contributed by atoms with Gasteiger partial charge in [-0.3, -0.25) is 0 Å². The van der Waals surface area contributed by atoms with Gasteiger partial charge in [0.15, 0.2) is 0 Å². The van der Waals surface area contributed by atoms with E-state index in [0.29, 0.717) is 17.5 Å². The molecule has 0 saturated carbocycles. The molecule has 1 atom stereocenters. The van der Waals surface area contributed by atoms with Crippen molar-refractivity contribution in [1.82, 2.24) is 0 Å². The maximum atomic E-state index is 12.8. The van der Waals surface area contributed by atoms with E-state index in [9.17, 15) is 18.3 Å². The summed E-state index contributed by atoms with van der Waals surface area (Å²) >= 11 is 3.00. The van der Waals surface area contributed by atoms with Gasteiger partial charge in [-0.15, -0.1) is 0 Å². The predicted molar refractivity (Wildman–Crippen MR) is 65.2 cm³/mol. The summed E-state index contributed by atoms with van der Waals surface area (Å²) in [5, 5.41) is 9.81. The van der Waals surface area contributed by atoms with Crippen LogP contribution in [0, 0.1) is 0 Å². The first-order valence-electron chi connectivity index (χ1n) is 5.40. The largest absolute Gasteiger partial charge is 0.416 e. The Balaban J connectivity index is 2.93. The summed E-state index contributed by atoms with van der Waals surface area (Å²) in [5.41, 5.74) is -0.899. The standard InChI is InChI=1S/C12H14BrF3O2/c1-18-6-2-3-11(17)9-5-4-8(13)7-10(9)12(14,15)16/h4-5,7,11,17H,2-3,6H2,1H3. The quantitative estimate of drug-likeness (QED) is 0.831. The lowest BCUT2D eigenvalue weighted by atomic mass is 9.99. The van der Waals surface area contributed by atoms with Crippen LogP contribution in [0.15, 0.2) is 22.7 Å². The average Bonchev–Trinajstić information content (AvgIpc) is 2.28. The Morgan fingerprint density at radius 3 is 2.61 bits per heavy atom. The molecule has 1 aromatic carbocycles. The van der Waals surface area contributed by atoms with Crippen molar-refractivity contribution in [2.75, 3.05) is 13.7 Å². The molecule has 0 saturated heterocycles. The summed E-state index contributed by atoms with van der Waals surface area (Å²) in [5.74, 6) is 0. The summed E-state index contributed by atoms with van der Waals surface area (Å²) in [7, 11) is 1.51. The molecule has 0 aliphatic heterocycles. The molecule has 0 spiro atoms. The van der Waals surface area contributed by atoms with E-state index in [1.165, 1.54) is 19.2 Å². The highest BCUT2D eigenvalue weighted by atomic mass is 79.9. The second-order valence-corrected chi connectivity index (χ2v) is 4.80. The van der Waals surface area contributed by atoms with E-state index in [1.807, 2.05) is 0 Å². The molecule has 0 aliphatic rings. The van der Waals surface area contributed by atoms with Crippen molar-refractivity contribution >= 4 is 15.9 Å². The van der Waals surface area contributed by atoms with Gasteiger partial charge in [0.05, 0.1) is 11.7 Å². The Kier molecular flexibility index (Phi) is 5.62. The Morgan fingerprint density at radius 2 is 2.06 bits per heavy atom. The molecule has 0 bridgehead atoms. The van der Waals surface area contributed by atoms with E-state index >= 15 is 0 Å². The summed E-state index contributed by atoms with van der Waals surface area (Å²) in [6, 6.07) is 3.77. The molecule has 102 valence electrons. The molecule has 0 radical (unpaired) electrons. The van der Waals surface area contributed by atoms with Gasteiger partial charge in [-0.2, -0.15) is 13.2 Å². The molecule has 6 heteroatoms. The Labute approximate surface area is 112 Å². The Hall–Kier alpha value is -0.590. The third-order valence-electron chi connectivity index (χ3n) is 2.51. The summed E-state index contributed by atoms with van der Waals surface area (Å²) in [6.45, 7) is 0.412. The van der Waals surface area contributed by atoms with Crippen LogP contribution in [0.2, 0.25) is 0 Å². The molecule has 0 aliphatic carbocycles. The molecular weight excluding hydrogens is 313 g/mol. The van der Waals surface area contributed by atoms with Crippen LogP contribution in [0.3, 0.4) is 0 Å². The SMILES string of the molecule is COCCCC(O)c1ccc(Br)cc1C(F)(F)F. The second-order valence-electron chi connectivity index (χ2n) is 3.88. The minimum Gasteiger partial charge on any atom is -0.388 e. The fourth-order valence-electron chi connectivity index (χ4n) is 1.64. The molecule has 0 aromatic heterocycles. The lowest BCUT2D eigenvalue weighted by Gasteiger charge is -2.17. The zero-order chi connectivity index (χ0) is 13.8. The fourth-order valence-corrected chi connectivity index (χ4v) is 2.00. The minimum atomic E-state index is -4.47. The van der Waals surface area contributed by atoms with Gasteiger partial charge >= 0.3 is 6.18 Å². The second kappa shape index (κ2) is 6.54. The predicted octanol–water partition coefficient (Wildman–Crippen LogP) is 3.93. The van der Waals surface area contributed by atoms with Crippen molar-refractivity contribution < 1.29 is 23.0 Å². The van der Waals surface area contributed by atoms with E-state index in [0.717, 1.165) is 6.07 Å². The third-order valence-corrected chi connectivity index (χ3v) is 3.00. The first kappa shape index (κ1) is 15.5. The number of halogens is 4. The van der Waals surface area contributed by atoms with Crippen LogP contribution in [0.5, 0.6) is 0 Å². The fraction of sp³-hybridized carbons (Fsp3) is 0.500. The zero-order valence-corrected chi connectivity index (χ0v) is 11.4. The summed E-state index contributed by atoms with van der Waals surface area (Å²) < 4.78 is 43.6. The number of benzene rings is 1. The van der Waals surface area contributed by atoms with E-state index in [4.69, 9.17) is 4.74 Å². The van der Waals surface area contributed by atoms with Gasteiger partial charge in [0.2, 0.25) is 0 Å². The van der Waals surface area contributed by atoms with Crippen molar-refractivity contribution in [3.8, 4) is 0 Å². The van der Waals surface area contributed by atoms with Crippen molar-refractivity contribution in [3.63, 3.8) is 0 Å². The average molecular weight is 327 g/mol. The molecule has 2 nitrogen and oxygen atoms in total. The molecule has 0 heterocycles. The Bertz CT molecular complexity index is 393. The van der Waals surface area contributed by atoms with Crippen LogP contribution in [0.25, 0.3) is 0 Å². The molecule has 1 rings (SSSR count). The van der Waals surface area contributed by atoms with Gasteiger partial charge < -0.3 is 9.84 Å². The number of aliphatic hydroxyl groups is 1. The normalized spacial score (nSPS) is 13.7. The van der Waals surface area contributed by atoms with Gasteiger partial charge in [-0.05, 0) is 30.5 Å². The molecule has 18 heavy (non-hydrogen) atoms. The van der Waals surface area contributed by atoms with Crippen LogP contribution in [0.1, 0.15) is 30.1 Å². The van der Waals surface area contributed by atoms with Crippen molar-refractivity contribution in [2.24, 2.45) is 0 Å². The maximum Gasteiger partial charge on any atom is 0.416 e. The topological polar surface area (TPSA) is 29.5 Å². The number of hydrogen-bond acceptors (Lipinski definition) is 2. The zero-order valence-electron chi connectivity index (χ0n) is 9.80. The highest BCUT2D eigenvalue weighted by molar-refractivity contribution is 9.10. The van der Waals surface area contributed by atoms with E-state index in [1.54, 1.807) is 0 Å². The number of ether oxygens (including phenoxy) is 1. The van der Waals surface area contributed by atoms with Crippen LogP contribution < -0.4 is 0 Å². The number of rotatable bonds is 5. The van der Waals surface area contributed by atoms with Gasteiger partial charge in [-0.25, -0.2) is 0 Å². The summed E-state index contributed by atoms with van der Waals surface area (Å²) in [4.78, 5) is 0. The van der Waals surface area contributed by atoms with E-state index in [2.05, 4.69) is 15.9 Å². The van der Waals surface area contributed by atoms with Crippen LogP contribution in [-0.2, 0) is 10.9 Å². The van der Waals surface area contributed by atoms with Crippen molar-refractivity contribution in [1.29, 1.82) is 0 Å². The van der Waals surface area contributed by atoms with E-state index in [-0.39, 0.29) is 12.0 Å². The number of alkyl halides is 3. The minimum absolute atomic E-state index is 0.0956. The molecule has 1 aromatic rings. The van der Waals surface area contributed by atoms with Crippen LogP contribution >= 0.6 is 15.9 Å². The Morgan fingerprint density at radius 1 is 1.39 bits per heavy atom. The van der Waals surface area contributed by atoms with Crippen LogP contribution in [-0.4, -0.2) is 18.8 Å². The molecule has 0 fully saturated rings. The molecule has 0 amide bonds. The van der Waals surface area contributed by atoms with E-state index < -0.39 is 17.8 Å². The highest BCUT2D eigenvalue weighted by Crippen LogP contribution is 2.37. The lowest BCUT2D eigenvalue weighted by Crippen LogP contribution is -2.12. The van der Waals surface area contributed by atoms with Gasteiger partial charge in [0.25, 0.3) is 0 Å². The molecule has 1 N–H and O–H groups in total. The van der Waals surface area contributed by atoms with Crippen LogP contribution in [0.4, 0.5) is 13.2 Å².